The van der Waals surface area contributed by atoms with E-state index in [0.29, 0.717) is 24.2 Å². The lowest BCUT2D eigenvalue weighted by atomic mass is 9.93. The molecule has 1 fully saturated rings. The minimum Gasteiger partial charge on any atom is -0.377 e. The largest absolute Gasteiger partial charge is 0.408 e. The number of aromatic nitrogens is 2. The zero-order valence-electron chi connectivity index (χ0n) is 19.7. The summed E-state index contributed by atoms with van der Waals surface area (Å²) in [5, 5.41) is 4.15. The summed E-state index contributed by atoms with van der Waals surface area (Å²) in [5.74, 6) is -0.825. The number of aryl methyl sites for hydroxylation is 1. The number of carbonyl (C=O) groups excluding carboxylic acids is 1. The van der Waals surface area contributed by atoms with E-state index in [-0.39, 0.29) is 30.7 Å². The lowest BCUT2D eigenvalue weighted by Gasteiger charge is -2.37. The molecule has 1 aliphatic heterocycles. The topological polar surface area (TPSA) is 93.4 Å². The fourth-order valence-corrected chi connectivity index (χ4v) is 5.36. The third-order valence-corrected chi connectivity index (χ3v) is 7.32. The summed E-state index contributed by atoms with van der Waals surface area (Å²) < 4.78 is 47.7. The summed E-state index contributed by atoms with van der Waals surface area (Å²) in [6.45, 7) is 4.14. The second-order valence-corrected chi connectivity index (χ2v) is 9.94. The summed E-state index contributed by atoms with van der Waals surface area (Å²) in [7, 11) is 1.61. The summed E-state index contributed by atoms with van der Waals surface area (Å²) in [6.07, 6.45) is -2.37. The SMILES string of the molecule is CO[C@@H](C)c1c(Nc2ccc([C@H](N3CCC(C(N)=O)CC3)C(F)(F)F)cc2)cnc2sc(C)nc12. The molecule has 3 N–H and O–H groups in total. The minimum absolute atomic E-state index is 0.148. The minimum atomic E-state index is -4.45. The van der Waals surface area contributed by atoms with Crippen molar-refractivity contribution >= 4 is 39.0 Å². The molecule has 1 aliphatic rings. The van der Waals surface area contributed by atoms with Gasteiger partial charge in [-0.3, -0.25) is 9.69 Å². The molecule has 0 radical (unpaired) electrons. The van der Waals surface area contributed by atoms with E-state index in [2.05, 4.69) is 15.3 Å². The molecule has 0 saturated carbocycles. The number of methoxy groups -OCH3 is 1. The van der Waals surface area contributed by atoms with Crippen LogP contribution in [0.4, 0.5) is 24.5 Å². The van der Waals surface area contributed by atoms with Crippen LogP contribution >= 0.6 is 11.3 Å². The van der Waals surface area contributed by atoms with E-state index in [1.165, 1.54) is 28.4 Å². The second kappa shape index (κ2) is 10.1. The van der Waals surface area contributed by atoms with Gasteiger partial charge in [-0.2, -0.15) is 13.2 Å². The van der Waals surface area contributed by atoms with Gasteiger partial charge in [0.1, 0.15) is 16.4 Å². The number of primary amides is 1. The molecule has 2 atom stereocenters. The quantitative estimate of drug-likeness (QED) is 0.454. The molecule has 3 heterocycles. The number of hydrogen-bond acceptors (Lipinski definition) is 7. The number of nitrogens with zero attached hydrogens (tertiary/aromatic N) is 3. The van der Waals surface area contributed by atoms with Gasteiger partial charge >= 0.3 is 6.18 Å². The highest BCUT2D eigenvalue weighted by Gasteiger charge is 2.45. The van der Waals surface area contributed by atoms with Crippen LogP contribution in [0, 0.1) is 12.8 Å². The number of benzene rings is 1. The molecule has 0 unspecified atom stereocenters. The van der Waals surface area contributed by atoms with Gasteiger partial charge in [-0.15, -0.1) is 0 Å². The second-order valence-electron chi connectivity index (χ2n) is 8.75. The number of ether oxygens (including phenoxy) is 1. The number of thiazole rings is 1. The number of amides is 1. The van der Waals surface area contributed by atoms with Crippen LogP contribution in [0.1, 0.15) is 48.0 Å². The number of carbonyl (C=O) groups is 1. The van der Waals surface area contributed by atoms with Crippen molar-refractivity contribution < 1.29 is 22.7 Å². The Morgan fingerprint density at radius 1 is 1.26 bits per heavy atom. The smallest absolute Gasteiger partial charge is 0.377 e. The maximum absolute atomic E-state index is 14.0. The summed E-state index contributed by atoms with van der Waals surface area (Å²) in [6, 6.07) is 4.48. The predicted molar refractivity (Wildman–Crippen MR) is 130 cm³/mol. The Morgan fingerprint density at radius 3 is 2.49 bits per heavy atom. The normalized spacial score (nSPS) is 17.4. The lowest BCUT2D eigenvalue weighted by Crippen LogP contribution is -2.45. The number of alkyl halides is 3. The zero-order valence-corrected chi connectivity index (χ0v) is 20.5. The van der Waals surface area contributed by atoms with Crippen molar-refractivity contribution in [3.63, 3.8) is 0 Å². The maximum Gasteiger partial charge on any atom is 0.408 e. The maximum atomic E-state index is 14.0. The summed E-state index contributed by atoms with van der Waals surface area (Å²) in [4.78, 5) is 22.7. The molecule has 1 aromatic carbocycles. The number of fused-ring (bicyclic) bond motifs is 1. The third-order valence-electron chi connectivity index (χ3n) is 6.45. The van der Waals surface area contributed by atoms with Crippen molar-refractivity contribution in [2.45, 2.75) is 45.0 Å². The van der Waals surface area contributed by atoms with Crippen LogP contribution in [0.3, 0.4) is 0 Å². The fraction of sp³-hybridized carbons (Fsp3) is 0.458. The number of hydrogen-bond donors (Lipinski definition) is 2. The first-order valence-corrected chi connectivity index (χ1v) is 12.2. The van der Waals surface area contributed by atoms with Crippen molar-refractivity contribution in [3.8, 4) is 0 Å². The first-order valence-electron chi connectivity index (χ1n) is 11.3. The first-order chi connectivity index (χ1) is 16.6. The fourth-order valence-electron chi connectivity index (χ4n) is 4.58. The molecule has 1 amide bonds. The van der Waals surface area contributed by atoms with Gasteiger partial charge < -0.3 is 15.8 Å². The van der Waals surface area contributed by atoms with Crippen molar-refractivity contribution in [2.24, 2.45) is 11.7 Å². The third kappa shape index (κ3) is 5.41. The van der Waals surface area contributed by atoms with Crippen LogP contribution in [0.2, 0.25) is 0 Å². The molecule has 1 saturated heterocycles. The average molecular weight is 508 g/mol. The Kier molecular flexibility index (Phi) is 7.30. The standard InChI is InChI=1S/C24H28F3N5O2S/c1-13(34-3)19-18(12-29-23-20(19)30-14(2)35-23)31-17-6-4-15(5-7-17)21(24(25,26)27)32-10-8-16(9-11-32)22(28)33/h4-7,12-13,16,21,31H,8-11H2,1-3H3,(H2,28,33)/t13-,21-/m0/s1. The van der Waals surface area contributed by atoms with E-state index in [9.17, 15) is 18.0 Å². The van der Waals surface area contributed by atoms with E-state index < -0.39 is 18.1 Å². The molecule has 0 aliphatic carbocycles. The molecule has 35 heavy (non-hydrogen) atoms. The summed E-state index contributed by atoms with van der Waals surface area (Å²) >= 11 is 1.49. The molecule has 11 heteroatoms. The molecule has 0 bridgehead atoms. The highest BCUT2D eigenvalue weighted by molar-refractivity contribution is 7.18. The first kappa shape index (κ1) is 25.3. The zero-order chi connectivity index (χ0) is 25.3. The van der Waals surface area contributed by atoms with E-state index in [1.807, 2.05) is 13.8 Å². The Hall–Kier alpha value is -2.76. The van der Waals surface area contributed by atoms with Crippen molar-refractivity contribution in [1.29, 1.82) is 0 Å². The van der Waals surface area contributed by atoms with E-state index in [4.69, 9.17) is 10.5 Å². The number of nitrogens with two attached hydrogens (primary N) is 1. The number of nitrogens with one attached hydrogen (secondary N) is 1. The van der Waals surface area contributed by atoms with Crippen LogP contribution in [0.25, 0.3) is 10.3 Å². The van der Waals surface area contributed by atoms with Crippen LogP contribution in [0.15, 0.2) is 30.5 Å². The van der Waals surface area contributed by atoms with Crippen molar-refractivity contribution in [3.05, 3.63) is 46.6 Å². The van der Waals surface area contributed by atoms with E-state index >= 15 is 0 Å². The predicted octanol–water partition coefficient (Wildman–Crippen LogP) is 5.25. The van der Waals surface area contributed by atoms with Gasteiger partial charge in [-0.25, -0.2) is 9.97 Å². The molecule has 7 nitrogen and oxygen atoms in total. The molecule has 3 aromatic rings. The van der Waals surface area contributed by atoms with Crippen LogP contribution in [0.5, 0.6) is 0 Å². The van der Waals surface area contributed by atoms with Gasteiger partial charge in [0.25, 0.3) is 0 Å². The molecule has 4 rings (SSSR count). The number of rotatable bonds is 7. The monoisotopic (exact) mass is 507 g/mol. The van der Waals surface area contributed by atoms with Gasteiger partial charge in [-0.1, -0.05) is 23.5 Å². The van der Waals surface area contributed by atoms with Crippen LogP contribution in [-0.4, -0.2) is 47.2 Å². The number of pyridine rings is 1. The van der Waals surface area contributed by atoms with Gasteiger partial charge in [-0.05, 0) is 57.5 Å². The van der Waals surface area contributed by atoms with E-state index in [0.717, 1.165) is 20.9 Å². The van der Waals surface area contributed by atoms with Crippen LogP contribution < -0.4 is 11.1 Å². The summed E-state index contributed by atoms with van der Waals surface area (Å²) in [5.41, 5.74) is 8.39. The number of piperidine rings is 1. The van der Waals surface area contributed by atoms with Crippen molar-refractivity contribution in [1.82, 2.24) is 14.9 Å². The Labute approximate surface area is 205 Å². The van der Waals surface area contributed by atoms with Gasteiger partial charge in [0, 0.05) is 24.3 Å². The molecular weight excluding hydrogens is 479 g/mol. The number of anilines is 2. The Morgan fingerprint density at radius 2 is 1.91 bits per heavy atom. The molecular formula is C24H28F3N5O2S. The van der Waals surface area contributed by atoms with E-state index in [1.54, 1.807) is 25.4 Å². The van der Waals surface area contributed by atoms with Crippen molar-refractivity contribution in [2.75, 3.05) is 25.5 Å². The molecule has 2 aromatic heterocycles. The Balaban J connectivity index is 1.59. The molecule has 0 spiro atoms. The average Bonchev–Trinajstić information content (AvgIpc) is 3.19. The van der Waals surface area contributed by atoms with Crippen LogP contribution in [-0.2, 0) is 9.53 Å². The number of likely N-dealkylation sites (tertiary alicyclic amines) is 1. The molecule has 188 valence electrons. The highest BCUT2D eigenvalue weighted by Crippen LogP contribution is 2.40. The highest BCUT2D eigenvalue weighted by atomic mass is 32.1. The van der Waals surface area contributed by atoms with Gasteiger partial charge in [0.05, 0.1) is 23.0 Å². The van der Waals surface area contributed by atoms with Gasteiger partial charge in [0.15, 0.2) is 0 Å². The Bertz CT molecular complexity index is 1190. The van der Waals surface area contributed by atoms with Gasteiger partial charge in [0.2, 0.25) is 5.91 Å². The number of halogens is 3. The lowest BCUT2D eigenvalue weighted by molar-refractivity contribution is -0.189.